The molecule has 0 unspecified atom stereocenters. The molecule has 0 fully saturated rings. The molecule has 0 spiro atoms. The van der Waals surface area contributed by atoms with E-state index < -0.39 is 0 Å². The maximum absolute atomic E-state index is 8.69. The van der Waals surface area contributed by atoms with Gasteiger partial charge in [-0.15, -0.1) is 0 Å². The van der Waals surface area contributed by atoms with Crippen LogP contribution < -0.4 is 14.8 Å². The van der Waals surface area contributed by atoms with Crippen LogP contribution in [0.3, 0.4) is 0 Å². The summed E-state index contributed by atoms with van der Waals surface area (Å²) >= 11 is 0. The number of anilines is 1. The molecule has 1 aliphatic heterocycles. The first kappa shape index (κ1) is 13.7. The van der Waals surface area contributed by atoms with E-state index >= 15 is 0 Å². The molecule has 0 bridgehead atoms. The zero-order valence-electron chi connectivity index (χ0n) is 11.7. The minimum atomic E-state index is -0.0102. The molecule has 0 amide bonds. The quantitative estimate of drug-likeness (QED) is 0.850. The van der Waals surface area contributed by atoms with Crippen molar-refractivity contribution in [3.8, 4) is 11.6 Å². The number of hydrogen-bond donors (Lipinski definition) is 2. The summed E-state index contributed by atoms with van der Waals surface area (Å²) in [6.45, 7) is 1.78. The van der Waals surface area contributed by atoms with Crippen molar-refractivity contribution in [2.24, 2.45) is 0 Å². The molecule has 110 valence electrons. The van der Waals surface area contributed by atoms with Crippen molar-refractivity contribution in [2.45, 2.75) is 13.0 Å². The fraction of sp³-hybridized carbons (Fsp3) is 0.312. The van der Waals surface area contributed by atoms with Crippen molar-refractivity contribution in [3.63, 3.8) is 0 Å². The number of aliphatic hydroxyl groups excluding tert-OH is 1. The lowest BCUT2D eigenvalue weighted by Crippen LogP contribution is -2.04. The van der Waals surface area contributed by atoms with Crippen LogP contribution in [0.5, 0.6) is 11.6 Å². The van der Waals surface area contributed by atoms with Gasteiger partial charge in [0.2, 0.25) is 5.88 Å². The maximum atomic E-state index is 8.69. The summed E-state index contributed by atoms with van der Waals surface area (Å²) in [4.78, 5) is 4.17. The Labute approximate surface area is 123 Å². The van der Waals surface area contributed by atoms with Crippen molar-refractivity contribution in [1.82, 2.24) is 4.98 Å². The topological polar surface area (TPSA) is 63.6 Å². The Hall–Kier alpha value is -2.27. The molecule has 2 N–H and O–H groups in total. The number of pyridine rings is 1. The van der Waals surface area contributed by atoms with Crippen molar-refractivity contribution < 1.29 is 14.6 Å². The molecular weight excluding hydrogens is 268 g/mol. The number of benzene rings is 1. The molecule has 21 heavy (non-hydrogen) atoms. The van der Waals surface area contributed by atoms with E-state index in [1.165, 1.54) is 11.1 Å². The van der Waals surface area contributed by atoms with Crippen LogP contribution in [-0.4, -0.2) is 29.9 Å². The van der Waals surface area contributed by atoms with Crippen molar-refractivity contribution in [3.05, 3.63) is 47.7 Å². The van der Waals surface area contributed by atoms with E-state index in [1.807, 2.05) is 12.1 Å². The lowest BCUT2D eigenvalue weighted by atomic mass is 10.1. The largest absolute Gasteiger partial charge is 0.493 e. The zero-order chi connectivity index (χ0) is 14.5. The summed E-state index contributed by atoms with van der Waals surface area (Å²) in [7, 11) is 0. The molecule has 1 aromatic heterocycles. The predicted molar refractivity (Wildman–Crippen MR) is 79.8 cm³/mol. The molecule has 0 atom stereocenters. The molecule has 2 heterocycles. The standard InChI is InChI=1S/C16H18N2O3/c19-6-8-21-16-4-2-14(11-18-16)17-10-12-1-3-15-13(9-12)5-7-20-15/h1-4,9,11,17,19H,5-8,10H2. The van der Waals surface area contributed by atoms with Crippen molar-refractivity contribution >= 4 is 5.69 Å². The van der Waals surface area contributed by atoms with Gasteiger partial charge in [0.05, 0.1) is 25.1 Å². The van der Waals surface area contributed by atoms with E-state index in [0.717, 1.165) is 31.0 Å². The molecule has 2 aromatic rings. The minimum absolute atomic E-state index is 0.0102. The highest BCUT2D eigenvalue weighted by molar-refractivity contribution is 5.45. The number of hydrogen-bond acceptors (Lipinski definition) is 5. The van der Waals surface area contributed by atoms with E-state index in [9.17, 15) is 0 Å². The van der Waals surface area contributed by atoms with Gasteiger partial charge in [-0.25, -0.2) is 4.98 Å². The maximum Gasteiger partial charge on any atom is 0.213 e. The van der Waals surface area contributed by atoms with E-state index in [-0.39, 0.29) is 13.2 Å². The molecule has 3 rings (SSSR count). The van der Waals surface area contributed by atoms with Crippen LogP contribution in [0.4, 0.5) is 5.69 Å². The number of aromatic nitrogens is 1. The first-order chi connectivity index (χ1) is 10.3. The summed E-state index contributed by atoms with van der Waals surface area (Å²) in [6.07, 6.45) is 2.71. The van der Waals surface area contributed by atoms with Crippen LogP contribution in [0.2, 0.25) is 0 Å². The number of fused-ring (bicyclic) bond motifs is 1. The average Bonchev–Trinajstić information content (AvgIpc) is 2.99. The highest BCUT2D eigenvalue weighted by Crippen LogP contribution is 2.26. The van der Waals surface area contributed by atoms with Gasteiger partial charge in [-0.1, -0.05) is 12.1 Å². The average molecular weight is 286 g/mol. The van der Waals surface area contributed by atoms with Crippen LogP contribution in [-0.2, 0) is 13.0 Å². The third-order valence-electron chi connectivity index (χ3n) is 3.33. The van der Waals surface area contributed by atoms with Crippen molar-refractivity contribution in [2.75, 3.05) is 25.1 Å². The lowest BCUT2D eigenvalue weighted by Gasteiger charge is -2.08. The molecule has 0 saturated heterocycles. The van der Waals surface area contributed by atoms with E-state index in [0.29, 0.717) is 5.88 Å². The highest BCUT2D eigenvalue weighted by atomic mass is 16.5. The predicted octanol–water partition coefficient (Wildman–Crippen LogP) is 2.00. The Morgan fingerprint density at radius 3 is 3.05 bits per heavy atom. The third-order valence-corrected chi connectivity index (χ3v) is 3.33. The smallest absolute Gasteiger partial charge is 0.213 e. The molecule has 5 nitrogen and oxygen atoms in total. The Bertz CT molecular complexity index is 599. The molecule has 1 aliphatic rings. The van der Waals surface area contributed by atoms with Gasteiger partial charge in [-0.3, -0.25) is 0 Å². The van der Waals surface area contributed by atoms with Gasteiger partial charge >= 0.3 is 0 Å². The second kappa shape index (κ2) is 6.45. The number of ether oxygens (including phenoxy) is 2. The Balaban J connectivity index is 1.57. The summed E-state index contributed by atoms with van der Waals surface area (Å²) in [6, 6.07) is 9.99. The van der Waals surface area contributed by atoms with Crippen LogP contribution in [0.1, 0.15) is 11.1 Å². The second-order valence-corrected chi connectivity index (χ2v) is 4.85. The Morgan fingerprint density at radius 2 is 2.24 bits per heavy atom. The van der Waals surface area contributed by atoms with Gasteiger partial charge in [-0.2, -0.15) is 0 Å². The van der Waals surface area contributed by atoms with Gasteiger partial charge in [0.15, 0.2) is 0 Å². The van der Waals surface area contributed by atoms with E-state index in [4.69, 9.17) is 14.6 Å². The van der Waals surface area contributed by atoms with Gasteiger partial charge in [0.25, 0.3) is 0 Å². The molecule has 1 aromatic carbocycles. The SMILES string of the molecule is OCCOc1ccc(NCc2ccc3c(c2)CCO3)cn1. The monoisotopic (exact) mass is 286 g/mol. The van der Waals surface area contributed by atoms with Gasteiger partial charge in [0, 0.05) is 19.0 Å². The van der Waals surface area contributed by atoms with Crippen LogP contribution in [0.15, 0.2) is 36.5 Å². The fourth-order valence-corrected chi connectivity index (χ4v) is 2.27. The molecule has 0 aliphatic carbocycles. The summed E-state index contributed by atoms with van der Waals surface area (Å²) in [5, 5.41) is 12.0. The number of aliphatic hydroxyl groups is 1. The van der Waals surface area contributed by atoms with E-state index in [2.05, 4.69) is 22.4 Å². The third kappa shape index (κ3) is 3.44. The summed E-state index contributed by atoms with van der Waals surface area (Å²) < 4.78 is 10.7. The molecular formula is C16H18N2O3. The zero-order valence-corrected chi connectivity index (χ0v) is 11.7. The number of rotatable bonds is 6. The summed E-state index contributed by atoms with van der Waals surface area (Å²) in [5.74, 6) is 1.52. The molecule has 0 saturated carbocycles. The lowest BCUT2D eigenvalue weighted by molar-refractivity contribution is 0.196. The number of nitrogens with zero attached hydrogens (tertiary/aromatic N) is 1. The number of nitrogens with one attached hydrogen (secondary N) is 1. The van der Waals surface area contributed by atoms with Gasteiger partial charge in [0.1, 0.15) is 12.4 Å². The minimum Gasteiger partial charge on any atom is -0.493 e. The summed E-state index contributed by atoms with van der Waals surface area (Å²) in [5.41, 5.74) is 3.43. The van der Waals surface area contributed by atoms with Gasteiger partial charge in [-0.05, 0) is 23.3 Å². The normalized spacial score (nSPS) is 12.6. The fourth-order valence-electron chi connectivity index (χ4n) is 2.27. The van der Waals surface area contributed by atoms with Crippen LogP contribution in [0, 0.1) is 0 Å². The van der Waals surface area contributed by atoms with Crippen molar-refractivity contribution in [1.29, 1.82) is 0 Å². The van der Waals surface area contributed by atoms with E-state index in [1.54, 1.807) is 12.3 Å². The molecule has 5 heteroatoms. The highest BCUT2D eigenvalue weighted by Gasteiger charge is 2.11. The first-order valence-electron chi connectivity index (χ1n) is 7.03. The van der Waals surface area contributed by atoms with Gasteiger partial charge < -0.3 is 19.9 Å². The Kier molecular flexibility index (Phi) is 4.21. The van der Waals surface area contributed by atoms with Crippen LogP contribution in [0.25, 0.3) is 0 Å². The first-order valence-corrected chi connectivity index (χ1v) is 7.03. The second-order valence-electron chi connectivity index (χ2n) is 4.85. The molecule has 0 radical (unpaired) electrons. The Morgan fingerprint density at radius 1 is 1.29 bits per heavy atom. The van der Waals surface area contributed by atoms with Crippen LogP contribution >= 0.6 is 0 Å².